The van der Waals surface area contributed by atoms with E-state index in [1.165, 1.54) is 38.4 Å². The van der Waals surface area contributed by atoms with Gasteiger partial charge >= 0.3 is 0 Å². The van der Waals surface area contributed by atoms with Crippen LogP contribution in [0, 0.1) is 5.92 Å². The molecule has 1 aliphatic rings. The van der Waals surface area contributed by atoms with Gasteiger partial charge in [-0.05, 0) is 48.9 Å². The van der Waals surface area contributed by atoms with Crippen molar-refractivity contribution in [1.29, 1.82) is 0 Å². The molecule has 182 valence electrons. The minimum absolute atomic E-state index is 0.715. The van der Waals surface area contributed by atoms with Gasteiger partial charge in [-0.25, -0.2) is 4.99 Å². The van der Waals surface area contributed by atoms with Gasteiger partial charge in [0, 0.05) is 49.3 Å². The topological polar surface area (TPSA) is 81.8 Å². The molecule has 0 saturated carbocycles. The SMILES string of the molecule is CC.CCCCCCN=Cc1cc(-c2ccc(NCC3CCN(S)CC3)cc2)[nH]c1/N=C\N. The van der Waals surface area contributed by atoms with Crippen LogP contribution in [0.5, 0.6) is 0 Å². The minimum atomic E-state index is 0.715. The maximum atomic E-state index is 5.54. The van der Waals surface area contributed by atoms with Crippen LogP contribution in [0.15, 0.2) is 40.3 Å². The Hall–Kier alpha value is -2.25. The molecule has 3 rings (SSSR count). The molecule has 0 amide bonds. The number of hydrogen-bond acceptors (Lipinski definition) is 5. The highest BCUT2D eigenvalue weighted by atomic mass is 32.1. The summed E-state index contributed by atoms with van der Waals surface area (Å²) in [5.74, 6) is 1.46. The molecule has 0 unspecified atom stereocenters. The van der Waals surface area contributed by atoms with Gasteiger partial charge < -0.3 is 16.0 Å². The number of aromatic amines is 1. The van der Waals surface area contributed by atoms with Crippen LogP contribution in [0.3, 0.4) is 0 Å². The van der Waals surface area contributed by atoms with Gasteiger partial charge in [0.1, 0.15) is 5.82 Å². The van der Waals surface area contributed by atoms with Gasteiger partial charge in [0.05, 0.1) is 6.34 Å². The number of hydrogen-bond donors (Lipinski definition) is 4. The molecule has 2 heterocycles. The molecule has 4 N–H and O–H groups in total. The Labute approximate surface area is 205 Å². The second-order valence-corrected chi connectivity index (χ2v) is 8.78. The average Bonchev–Trinajstić information content (AvgIpc) is 3.25. The quantitative estimate of drug-likeness (QED) is 0.135. The van der Waals surface area contributed by atoms with Crippen LogP contribution in [-0.2, 0) is 0 Å². The molecule has 1 aromatic carbocycles. The first-order chi connectivity index (χ1) is 16.2. The molecule has 1 aromatic heterocycles. The summed E-state index contributed by atoms with van der Waals surface area (Å²) in [5.41, 5.74) is 9.78. The zero-order valence-corrected chi connectivity index (χ0v) is 21.5. The maximum Gasteiger partial charge on any atom is 0.141 e. The van der Waals surface area contributed by atoms with Crippen molar-refractivity contribution >= 4 is 36.9 Å². The summed E-state index contributed by atoms with van der Waals surface area (Å²) in [6.45, 7) is 10.2. The standard InChI is InChI=1S/C24H36N6S.C2H6/c1-2-3-4-5-12-26-17-21-15-23(29-24(21)28-18-25)20-6-8-22(9-7-20)27-16-19-10-13-30(31)14-11-19;1-2/h6-9,15,17-19,27,29,31H,2-5,10-14,16H2,1H3,(H2,25,28);1-2H3. The van der Waals surface area contributed by atoms with E-state index >= 15 is 0 Å². The summed E-state index contributed by atoms with van der Waals surface area (Å²) in [6, 6.07) is 10.6. The van der Waals surface area contributed by atoms with E-state index in [0.717, 1.165) is 60.9 Å². The van der Waals surface area contributed by atoms with Crippen LogP contribution in [0.2, 0.25) is 0 Å². The van der Waals surface area contributed by atoms with Crippen molar-refractivity contribution in [2.45, 2.75) is 59.3 Å². The molecule has 2 aromatic rings. The van der Waals surface area contributed by atoms with E-state index in [4.69, 9.17) is 5.73 Å². The number of nitrogens with zero attached hydrogens (tertiary/aromatic N) is 3. The third kappa shape index (κ3) is 9.26. The zero-order valence-electron chi connectivity index (χ0n) is 20.6. The van der Waals surface area contributed by atoms with E-state index in [1.807, 2.05) is 20.1 Å². The summed E-state index contributed by atoms with van der Waals surface area (Å²) < 4.78 is 2.11. The summed E-state index contributed by atoms with van der Waals surface area (Å²) in [4.78, 5) is 12.2. The number of nitrogens with two attached hydrogens (primary N) is 1. The Morgan fingerprint density at radius 3 is 2.55 bits per heavy atom. The van der Waals surface area contributed by atoms with E-state index < -0.39 is 0 Å². The van der Waals surface area contributed by atoms with Crippen LogP contribution in [0.1, 0.15) is 64.9 Å². The lowest BCUT2D eigenvalue weighted by atomic mass is 9.98. The predicted octanol–water partition coefficient (Wildman–Crippen LogP) is 6.29. The van der Waals surface area contributed by atoms with Crippen LogP contribution < -0.4 is 11.1 Å². The van der Waals surface area contributed by atoms with Crippen molar-refractivity contribution in [2.24, 2.45) is 21.6 Å². The van der Waals surface area contributed by atoms with Gasteiger partial charge in [0.15, 0.2) is 0 Å². The molecule has 1 saturated heterocycles. The van der Waals surface area contributed by atoms with Crippen LogP contribution in [0.4, 0.5) is 11.5 Å². The van der Waals surface area contributed by atoms with Crippen molar-refractivity contribution in [2.75, 3.05) is 31.5 Å². The molecule has 6 nitrogen and oxygen atoms in total. The summed E-state index contributed by atoms with van der Waals surface area (Å²) in [7, 11) is 0. The Kier molecular flexibility index (Phi) is 12.7. The lowest BCUT2D eigenvalue weighted by Crippen LogP contribution is -2.30. The minimum Gasteiger partial charge on any atom is -0.390 e. The second kappa shape index (κ2) is 15.6. The number of aromatic nitrogens is 1. The van der Waals surface area contributed by atoms with Crippen molar-refractivity contribution in [1.82, 2.24) is 9.29 Å². The molecular weight excluding hydrogens is 428 g/mol. The average molecular weight is 471 g/mol. The molecule has 1 fully saturated rings. The fourth-order valence-electron chi connectivity index (χ4n) is 3.84. The molecule has 0 atom stereocenters. The monoisotopic (exact) mass is 470 g/mol. The molecule has 1 aliphatic heterocycles. The fraction of sp³-hybridized carbons (Fsp3) is 0.538. The van der Waals surface area contributed by atoms with Crippen molar-refractivity contribution in [3.05, 3.63) is 35.9 Å². The highest BCUT2D eigenvalue weighted by Crippen LogP contribution is 2.27. The molecule has 33 heavy (non-hydrogen) atoms. The molecular formula is C26H42N6S. The van der Waals surface area contributed by atoms with E-state index in [1.54, 1.807) is 0 Å². The number of nitrogens with one attached hydrogen (secondary N) is 2. The lowest BCUT2D eigenvalue weighted by molar-refractivity contribution is 0.304. The van der Waals surface area contributed by atoms with Crippen molar-refractivity contribution < 1.29 is 0 Å². The summed E-state index contributed by atoms with van der Waals surface area (Å²) in [5, 5.41) is 3.58. The highest BCUT2D eigenvalue weighted by Gasteiger charge is 2.16. The summed E-state index contributed by atoms with van der Waals surface area (Å²) >= 11 is 4.43. The van der Waals surface area contributed by atoms with Crippen LogP contribution >= 0.6 is 12.8 Å². The fourth-order valence-corrected chi connectivity index (χ4v) is 4.07. The maximum absolute atomic E-state index is 5.54. The van der Waals surface area contributed by atoms with Gasteiger partial charge in [-0.15, -0.1) is 0 Å². The molecule has 0 bridgehead atoms. The number of benzene rings is 1. The van der Waals surface area contributed by atoms with E-state index in [-0.39, 0.29) is 0 Å². The van der Waals surface area contributed by atoms with E-state index in [2.05, 4.69) is 74.7 Å². The van der Waals surface area contributed by atoms with Gasteiger partial charge in [0.2, 0.25) is 0 Å². The first kappa shape index (κ1) is 27.0. The molecule has 0 radical (unpaired) electrons. The Morgan fingerprint density at radius 2 is 1.88 bits per heavy atom. The van der Waals surface area contributed by atoms with Crippen LogP contribution in [-0.4, -0.2) is 48.0 Å². The zero-order chi connectivity index (χ0) is 23.9. The van der Waals surface area contributed by atoms with E-state index in [9.17, 15) is 0 Å². The van der Waals surface area contributed by atoms with Gasteiger partial charge in [-0.1, -0.05) is 65.0 Å². The first-order valence-electron chi connectivity index (χ1n) is 12.4. The number of anilines is 1. The second-order valence-electron chi connectivity index (χ2n) is 8.22. The number of piperidine rings is 1. The smallest absolute Gasteiger partial charge is 0.141 e. The third-order valence-electron chi connectivity index (χ3n) is 5.78. The van der Waals surface area contributed by atoms with E-state index in [0.29, 0.717) is 5.92 Å². The Balaban J connectivity index is 0.00000187. The Bertz CT molecular complexity index is 835. The van der Waals surface area contributed by atoms with Gasteiger partial charge in [0.25, 0.3) is 0 Å². The molecule has 7 heteroatoms. The molecule has 0 spiro atoms. The van der Waals surface area contributed by atoms with Crippen LogP contribution in [0.25, 0.3) is 11.3 Å². The molecule has 0 aliphatic carbocycles. The lowest BCUT2D eigenvalue weighted by Gasteiger charge is -2.28. The van der Waals surface area contributed by atoms with Gasteiger partial charge in [-0.3, -0.25) is 9.30 Å². The third-order valence-corrected chi connectivity index (χ3v) is 6.18. The predicted molar refractivity (Wildman–Crippen MR) is 148 cm³/mol. The number of unbranched alkanes of at least 4 members (excludes halogenated alkanes) is 3. The van der Waals surface area contributed by atoms with Crippen molar-refractivity contribution in [3.8, 4) is 11.3 Å². The number of H-pyrrole nitrogens is 1. The first-order valence-corrected chi connectivity index (χ1v) is 12.8. The highest BCUT2D eigenvalue weighted by molar-refractivity contribution is 7.77. The summed E-state index contributed by atoms with van der Waals surface area (Å²) in [6.07, 6.45) is 10.5. The normalized spacial score (nSPS) is 15.2. The Morgan fingerprint density at radius 1 is 1.15 bits per heavy atom. The largest absolute Gasteiger partial charge is 0.390 e. The van der Waals surface area contributed by atoms with Crippen molar-refractivity contribution in [3.63, 3.8) is 0 Å². The van der Waals surface area contributed by atoms with Gasteiger partial charge in [-0.2, -0.15) is 0 Å². The number of thiol groups is 1. The number of rotatable bonds is 11. The number of aliphatic imine (C=N–C) groups is 2.